The van der Waals surface area contributed by atoms with Crippen LogP contribution in [0.1, 0.15) is 19.3 Å². The van der Waals surface area contributed by atoms with Crippen LogP contribution in [0.3, 0.4) is 0 Å². The summed E-state index contributed by atoms with van der Waals surface area (Å²) in [6.07, 6.45) is 1.61. The molecule has 2 atom stereocenters. The molecule has 1 aliphatic carbocycles. The first kappa shape index (κ1) is 10.8. The molecule has 3 nitrogen and oxygen atoms in total. The smallest absolute Gasteiger partial charge is 0.260 e. The van der Waals surface area contributed by atoms with Gasteiger partial charge in [-0.2, -0.15) is 0 Å². The first-order valence-corrected chi connectivity index (χ1v) is 5.41. The van der Waals surface area contributed by atoms with Gasteiger partial charge >= 0.3 is 0 Å². The minimum Gasteiger partial charge on any atom is -0.342 e. The highest BCUT2D eigenvalue weighted by Crippen LogP contribution is 2.49. The van der Waals surface area contributed by atoms with Crippen molar-refractivity contribution in [3.8, 4) is 0 Å². The number of carbonyl (C=O) groups excluding carboxylic acids is 1. The molecule has 0 aromatic carbocycles. The van der Waals surface area contributed by atoms with Crippen LogP contribution in [0.25, 0.3) is 0 Å². The highest BCUT2D eigenvalue weighted by molar-refractivity contribution is 5.83. The summed E-state index contributed by atoms with van der Waals surface area (Å²) in [4.78, 5) is 13.2. The maximum absolute atomic E-state index is 12.7. The Labute approximate surface area is 87.6 Å². The molecule has 1 amide bonds. The number of piperidine rings is 1. The molecular formula is C10H16F2N2O. The zero-order valence-electron chi connectivity index (χ0n) is 8.59. The summed E-state index contributed by atoms with van der Waals surface area (Å²) in [7, 11) is 0. The molecule has 86 valence electrons. The molecule has 2 N–H and O–H groups in total. The predicted molar refractivity (Wildman–Crippen MR) is 51.4 cm³/mol. The molecule has 0 radical (unpaired) electrons. The summed E-state index contributed by atoms with van der Waals surface area (Å²) in [5.74, 6) is -3.88. The number of nitrogens with two attached hydrogens (primary N) is 1. The van der Waals surface area contributed by atoms with Crippen molar-refractivity contribution in [3.05, 3.63) is 0 Å². The quantitative estimate of drug-likeness (QED) is 0.746. The van der Waals surface area contributed by atoms with Crippen molar-refractivity contribution in [3.63, 3.8) is 0 Å². The number of hydrogen-bond acceptors (Lipinski definition) is 2. The number of hydrogen-bond donors (Lipinski definition) is 1. The van der Waals surface area contributed by atoms with Crippen LogP contribution < -0.4 is 5.73 Å². The monoisotopic (exact) mass is 218 g/mol. The van der Waals surface area contributed by atoms with Crippen molar-refractivity contribution >= 4 is 5.91 Å². The Bertz CT molecular complexity index is 270. The normalized spacial score (nSPS) is 33.9. The summed E-state index contributed by atoms with van der Waals surface area (Å²) >= 11 is 0. The molecule has 0 aromatic heterocycles. The highest BCUT2D eigenvalue weighted by atomic mass is 19.3. The van der Waals surface area contributed by atoms with E-state index in [4.69, 9.17) is 5.73 Å². The van der Waals surface area contributed by atoms with Crippen LogP contribution in [0.15, 0.2) is 0 Å². The summed E-state index contributed by atoms with van der Waals surface area (Å²) < 4.78 is 25.4. The number of amides is 1. The van der Waals surface area contributed by atoms with Crippen molar-refractivity contribution in [1.29, 1.82) is 0 Å². The van der Waals surface area contributed by atoms with Gasteiger partial charge in [0.15, 0.2) is 0 Å². The fraction of sp³-hybridized carbons (Fsp3) is 0.900. The van der Waals surface area contributed by atoms with Crippen molar-refractivity contribution in [2.45, 2.75) is 25.2 Å². The van der Waals surface area contributed by atoms with E-state index in [1.807, 2.05) is 0 Å². The third-order valence-corrected chi connectivity index (χ3v) is 3.29. The van der Waals surface area contributed by atoms with Gasteiger partial charge in [-0.3, -0.25) is 4.79 Å². The molecule has 1 heterocycles. The van der Waals surface area contributed by atoms with Gasteiger partial charge < -0.3 is 10.6 Å². The van der Waals surface area contributed by atoms with Crippen LogP contribution in [0.4, 0.5) is 8.78 Å². The lowest BCUT2D eigenvalue weighted by Crippen LogP contribution is -2.43. The van der Waals surface area contributed by atoms with Crippen LogP contribution in [-0.4, -0.2) is 36.4 Å². The second-order valence-electron chi connectivity index (χ2n) is 4.55. The molecule has 5 heteroatoms. The molecule has 2 rings (SSSR count). The van der Waals surface area contributed by atoms with Crippen LogP contribution in [0, 0.1) is 11.8 Å². The van der Waals surface area contributed by atoms with Crippen LogP contribution in [0.2, 0.25) is 0 Å². The lowest BCUT2D eigenvalue weighted by molar-refractivity contribution is -0.136. The van der Waals surface area contributed by atoms with Crippen molar-refractivity contribution in [2.24, 2.45) is 17.6 Å². The number of carbonyl (C=O) groups is 1. The van der Waals surface area contributed by atoms with E-state index in [-0.39, 0.29) is 18.2 Å². The van der Waals surface area contributed by atoms with Gasteiger partial charge in [0.1, 0.15) is 5.92 Å². The number of likely N-dealkylation sites (tertiary alicyclic amines) is 1. The van der Waals surface area contributed by atoms with Gasteiger partial charge in [-0.15, -0.1) is 0 Å². The van der Waals surface area contributed by atoms with E-state index in [9.17, 15) is 13.6 Å². The lowest BCUT2D eigenvalue weighted by Gasteiger charge is -2.32. The van der Waals surface area contributed by atoms with Crippen LogP contribution >= 0.6 is 0 Å². The molecule has 15 heavy (non-hydrogen) atoms. The summed E-state index contributed by atoms with van der Waals surface area (Å²) in [6.45, 7) is 1.70. The van der Waals surface area contributed by atoms with E-state index in [1.54, 1.807) is 4.90 Å². The summed E-state index contributed by atoms with van der Waals surface area (Å²) in [5.41, 5.74) is 5.52. The Hall–Kier alpha value is -0.710. The molecule has 0 spiro atoms. The Morgan fingerprint density at radius 3 is 2.73 bits per heavy atom. The van der Waals surface area contributed by atoms with Crippen LogP contribution in [-0.2, 0) is 4.79 Å². The van der Waals surface area contributed by atoms with Crippen molar-refractivity contribution < 1.29 is 13.6 Å². The topological polar surface area (TPSA) is 46.3 Å². The van der Waals surface area contributed by atoms with E-state index in [0.717, 1.165) is 12.8 Å². The average Bonchev–Trinajstić information content (AvgIpc) is 2.87. The minimum absolute atomic E-state index is 0.268. The molecule has 0 bridgehead atoms. The molecule has 1 saturated carbocycles. The maximum Gasteiger partial charge on any atom is 0.260 e. The van der Waals surface area contributed by atoms with E-state index >= 15 is 0 Å². The SMILES string of the molecule is NCC1CCCN(C(=O)C2CC2(F)F)C1. The van der Waals surface area contributed by atoms with Gasteiger partial charge in [0.2, 0.25) is 5.91 Å². The lowest BCUT2D eigenvalue weighted by atomic mass is 9.98. The van der Waals surface area contributed by atoms with Gasteiger partial charge in [0.05, 0.1) is 0 Å². The average molecular weight is 218 g/mol. The Kier molecular flexibility index (Phi) is 2.66. The zero-order valence-corrected chi connectivity index (χ0v) is 8.59. The summed E-state index contributed by atoms with van der Waals surface area (Å²) in [6, 6.07) is 0. The fourth-order valence-electron chi connectivity index (χ4n) is 2.16. The number of rotatable bonds is 2. The van der Waals surface area contributed by atoms with E-state index < -0.39 is 11.8 Å². The van der Waals surface area contributed by atoms with E-state index in [2.05, 4.69) is 0 Å². The van der Waals surface area contributed by atoms with E-state index in [0.29, 0.717) is 19.6 Å². The second-order valence-corrected chi connectivity index (χ2v) is 4.55. The van der Waals surface area contributed by atoms with Gasteiger partial charge in [-0.25, -0.2) is 8.78 Å². The number of halogens is 2. The van der Waals surface area contributed by atoms with Crippen LogP contribution in [0.5, 0.6) is 0 Å². The third kappa shape index (κ3) is 2.12. The Morgan fingerprint density at radius 2 is 2.20 bits per heavy atom. The molecule has 0 aromatic rings. The Morgan fingerprint density at radius 1 is 1.53 bits per heavy atom. The molecule has 1 aliphatic heterocycles. The number of alkyl halides is 2. The van der Waals surface area contributed by atoms with Gasteiger partial charge in [0.25, 0.3) is 5.92 Å². The molecule has 2 unspecified atom stereocenters. The molecule has 2 aliphatic rings. The van der Waals surface area contributed by atoms with Crippen molar-refractivity contribution in [2.75, 3.05) is 19.6 Å². The highest BCUT2D eigenvalue weighted by Gasteiger charge is 2.62. The minimum atomic E-state index is -2.74. The first-order chi connectivity index (χ1) is 7.04. The fourth-order valence-corrected chi connectivity index (χ4v) is 2.16. The second kappa shape index (κ2) is 3.70. The molecular weight excluding hydrogens is 202 g/mol. The number of nitrogens with zero attached hydrogens (tertiary/aromatic N) is 1. The van der Waals surface area contributed by atoms with Gasteiger partial charge in [-0.1, -0.05) is 0 Å². The van der Waals surface area contributed by atoms with E-state index in [1.165, 1.54) is 0 Å². The van der Waals surface area contributed by atoms with Crippen molar-refractivity contribution in [1.82, 2.24) is 4.90 Å². The zero-order chi connectivity index (χ0) is 11.1. The molecule has 2 fully saturated rings. The largest absolute Gasteiger partial charge is 0.342 e. The van der Waals surface area contributed by atoms with Gasteiger partial charge in [0, 0.05) is 19.5 Å². The van der Waals surface area contributed by atoms with Gasteiger partial charge in [-0.05, 0) is 25.3 Å². The third-order valence-electron chi connectivity index (χ3n) is 3.29. The predicted octanol–water partition coefficient (Wildman–Crippen LogP) is 0.839. The summed E-state index contributed by atoms with van der Waals surface area (Å²) in [5, 5.41) is 0. The first-order valence-electron chi connectivity index (χ1n) is 5.41. The molecule has 1 saturated heterocycles. The Balaban J connectivity index is 1.91. The maximum atomic E-state index is 12.7. The standard InChI is InChI=1S/C10H16F2N2O/c11-10(12)4-8(10)9(15)14-3-1-2-7(5-13)6-14/h7-8H,1-6,13H2.